The van der Waals surface area contributed by atoms with E-state index in [2.05, 4.69) is 23.3 Å². The molecule has 0 aliphatic carbocycles. The zero-order valence-electron chi connectivity index (χ0n) is 17.5. The number of thiol groups is 1. The highest BCUT2D eigenvalue weighted by Gasteiger charge is 2.18. The molecule has 0 fully saturated rings. The van der Waals surface area contributed by atoms with Crippen LogP contribution in [0.3, 0.4) is 0 Å². The molecule has 1 atom stereocenters. The van der Waals surface area contributed by atoms with E-state index in [0.717, 1.165) is 5.56 Å². The van der Waals surface area contributed by atoms with Gasteiger partial charge in [-0.3, -0.25) is 14.4 Å². The van der Waals surface area contributed by atoms with Crippen molar-refractivity contribution in [2.24, 2.45) is 5.73 Å². The lowest BCUT2D eigenvalue weighted by Crippen LogP contribution is -2.36. The predicted molar refractivity (Wildman–Crippen MR) is 130 cm³/mol. The first-order valence-corrected chi connectivity index (χ1v) is 10.9. The molecule has 0 aromatic heterocycles. The summed E-state index contributed by atoms with van der Waals surface area (Å²) in [6.07, 6.45) is 0.878. The van der Waals surface area contributed by atoms with Crippen molar-refractivity contribution in [3.63, 3.8) is 0 Å². The summed E-state index contributed by atoms with van der Waals surface area (Å²) in [4.78, 5) is 37.3. The molecular formula is C25H25N3O3S. The van der Waals surface area contributed by atoms with Crippen LogP contribution in [0.1, 0.15) is 27.9 Å². The Balaban J connectivity index is 1.84. The molecule has 0 radical (unpaired) electrons. The molecule has 0 bridgehead atoms. The Kier molecular flexibility index (Phi) is 8.05. The first-order valence-electron chi connectivity index (χ1n) is 10.2. The maximum absolute atomic E-state index is 13.2. The van der Waals surface area contributed by atoms with Crippen molar-refractivity contribution in [1.82, 2.24) is 0 Å². The molecule has 3 aromatic carbocycles. The minimum absolute atomic E-state index is 0.193. The van der Waals surface area contributed by atoms with Crippen molar-refractivity contribution >= 4 is 41.6 Å². The Morgan fingerprint density at radius 3 is 2.19 bits per heavy atom. The summed E-state index contributed by atoms with van der Waals surface area (Å²) in [7, 11) is 0. The van der Waals surface area contributed by atoms with E-state index in [9.17, 15) is 14.4 Å². The maximum atomic E-state index is 13.2. The number of hydrogen-bond acceptors (Lipinski definition) is 5. The molecule has 0 saturated carbocycles. The molecule has 0 saturated heterocycles. The molecule has 3 rings (SSSR count). The standard InChI is InChI=1S/C25H25N3O3S/c26-25(31)22(16-32)27-19-12-13-21(20(15-19)24(30)18-9-5-2-6-10-18)28-23(29)14-11-17-7-3-1-4-8-17/h1-10,12-13,15,22,27,32H,11,14,16H2,(H2,26,31)(H,28,29)/t22-/m0/s1. The SMILES string of the molecule is NC(=O)[C@H](CS)Nc1ccc(NC(=O)CCc2ccccc2)c(C(=O)c2ccccc2)c1. The van der Waals surface area contributed by atoms with Crippen molar-refractivity contribution in [3.05, 3.63) is 95.6 Å². The van der Waals surface area contributed by atoms with Gasteiger partial charge in [0.1, 0.15) is 6.04 Å². The minimum atomic E-state index is -0.690. The fourth-order valence-electron chi connectivity index (χ4n) is 3.20. The molecular weight excluding hydrogens is 422 g/mol. The lowest BCUT2D eigenvalue weighted by molar-refractivity contribution is -0.118. The Morgan fingerprint density at radius 2 is 1.56 bits per heavy atom. The number of benzene rings is 3. The Bertz CT molecular complexity index is 1090. The van der Waals surface area contributed by atoms with E-state index in [1.165, 1.54) is 0 Å². The molecule has 0 unspecified atom stereocenters. The second-order valence-corrected chi connectivity index (χ2v) is 7.64. The topological polar surface area (TPSA) is 101 Å². The third kappa shape index (κ3) is 6.21. The van der Waals surface area contributed by atoms with Crippen LogP contribution >= 0.6 is 12.6 Å². The second-order valence-electron chi connectivity index (χ2n) is 7.27. The summed E-state index contributed by atoms with van der Waals surface area (Å²) in [6, 6.07) is 22.8. The van der Waals surface area contributed by atoms with Crippen LogP contribution in [0.5, 0.6) is 0 Å². The summed E-state index contributed by atoms with van der Waals surface area (Å²) in [5.74, 6) is -0.777. The normalized spacial score (nSPS) is 11.4. The molecule has 6 nitrogen and oxygen atoms in total. The van der Waals surface area contributed by atoms with Crippen molar-refractivity contribution in [2.45, 2.75) is 18.9 Å². The van der Waals surface area contributed by atoms with Gasteiger partial charge in [0, 0.05) is 29.0 Å². The zero-order chi connectivity index (χ0) is 22.9. The van der Waals surface area contributed by atoms with Crippen LogP contribution < -0.4 is 16.4 Å². The molecule has 164 valence electrons. The van der Waals surface area contributed by atoms with E-state index in [0.29, 0.717) is 28.9 Å². The number of amides is 2. The largest absolute Gasteiger partial charge is 0.373 e. The molecule has 32 heavy (non-hydrogen) atoms. The highest BCUT2D eigenvalue weighted by molar-refractivity contribution is 7.80. The quantitative estimate of drug-likeness (QED) is 0.281. The van der Waals surface area contributed by atoms with E-state index < -0.39 is 11.9 Å². The van der Waals surface area contributed by atoms with E-state index >= 15 is 0 Å². The number of anilines is 2. The number of carbonyl (C=O) groups excluding carboxylic acids is 3. The highest BCUT2D eigenvalue weighted by atomic mass is 32.1. The number of rotatable bonds is 10. The van der Waals surface area contributed by atoms with Gasteiger partial charge in [-0.2, -0.15) is 12.6 Å². The number of aryl methyl sites for hydroxylation is 1. The number of carbonyl (C=O) groups is 3. The fraction of sp³-hybridized carbons (Fsp3) is 0.160. The monoisotopic (exact) mass is 447 g/mol. The molecule has 2 amide bonds. The highest BCUT2D eigenvalue weighted by Crippen LogP contribution is 2.25. The first kappa shape index (κ1) is 23.1. The van der Waals surface area contributed by atoms with Gasteiger partial charge in [-0.15, -0.1) is 0 Å². The van der Waals surface area contributed by atoms with Gasteiger partial charge < -0.3 is 16.4 Å². The Morgan fingerprint density at radius 1 is 0.906 bits per heavy atom. The van der Waals surface area contributed by atoms with E-state index in [1.54, 1.807) is 42.5 Å². The Hall–Kier alpha value is -3.58. The first-order chi connectivity index (χ1) is 15.5. The molecule has 0 aliphatic heterocycles. The van der Waals surface area contributed by atoms with E-state index in [1.807, 2.05) is 36.4 Å². The predicted octanol–water partition coefficient (Wildman–Crippen LogP) is 3.68. The lowest BCUT2D eigenvalue weighted by atomic mass is 10.0. The summed E-state index contributed by atoms with van der Waals surface area (Å²) in [5.41, 5.74) is 8.19. The lowest BCUT2D eigenvalue weighted by Gasteiger charge is -2.17. The van der Waals surface area contributed by atoms with Crippen LogP contribution in [-0.2, 0) is 16.0 Å². The summed E-state index contributed by atoms with van der Waals surface area (Å²) in [5, 5.41) is 5.84. The molecule has 0 aliphatic rings. The fourth-order valence-corrected chi connectivity index (χ4v) is 3.47. The van der Waals surface area contributed by atoms with Gasteiger partial charge in [-0.1, -0.05) is 60.7 Å². The van der Waals surface area contributed by atoms with Crippen molar-refractivity contribution < 1.29 is 14.4 Å². The van der Waals surface area contributed by atoms with Gasteiger partial charge in [0.05, 0.1) is 5.69 Å². The van der Waals surface area contributed by atoms with Gasteiger partial charge in [0.2, 0.25) is 11.8 Å². The molecule has 0 heterocycles. The molecule has 7 heteroatoms. The summed E-state index contributed by atoms with van der Waals surface area (Å²) < 4.78 is 0. The van der Waals surface area contributed by atoms with Gasteiger partial charge in [-0.05, 0) is 30.2 Å². The minimum Gasteiger partial charge on any atom is -0.373 e. The van der Waals surface area contributed by atoms with E-state index in [4.69, 9.17) is 5.73 Å². The molecule has 0 spiro atoms. The van der Waals surface area contributed by atoms with E-state index in [-0.39, 0.29) is 23.9 Å². The zero-order valence-corrected chi connectivity index (χ0v) is 18.3. The average molecular weight is 448 g/mol. The van der Waals surface area contributed by atoms with Crippen molar-refractivity contribution in [2.75, 3.05) is 16.4 Å². The second kappa shape index (κ2) is 11.2. The molecule has 4 N–H and O–H groups in total. The number of nitrogens with two attached hydrogens (primary N) is 1. The number of nitrogens with one attached hydrogen (secondary N) is 2. The summed E-state index contributed by atoms with van der Waals surface area (Å²) >= 11 is 4.14. The van der Waals surface area contributed by atoms with Crippen LogP contribution in [0.15, 0.2) is 78.9 Å². The Labute approximate surface area is 192 Å². The van der Waals surface area contributed by atoms with Crippen LogP contribution in [0.25, 0.3) is 0 Å². The van der Waals surface area contributed by atoms with Crippen LogP contribution in [0, 0.1) is 0 Å². The molecule has 3 aromatic rings. The average Bonchev–Trinajstić information content (AvgIpc) is 2.82. The van der Waals surface area contributed by atoms with Crippen LogP contribution in [0.4, 0.5) is 11.4 Å². The maximum Gasteiger partial charge on any atom is 0.240 e. The van der Waals surface area contributed by atoms with Gasteiger partial charge in [0.25, 0.3) is 0 Å². The number of ketones is 1. The van der Waals surface area contributed by atoms with Gasteiger partial charge in [0.15, 0.2) is 5.78 Å². The summed E-state index contributed by atoms with van der Waals surface area (Å²) in [6.45, 7) is 0. The number of primary amides is 1. The van der Waals surface area contributed by atoms with Crippen LogP contribution in [-0.4, -0.2) is 29.4 Å². The van der Waals surface area contributed by atoms with Crippen LogP contribution in [0.2, 0.25) is 0 Å². The third-order valence-corrected chi connectivity index (χ3v) is 5.29. The number of hydrogen-bond donors (Lipinski definition) is 4. The third-order valence-electron chi connectivity index (χ3n) is 4.92. The van der Waals surface area contributed by atoms with Crippen molar-refractivity contribution in [3.8, 4) is 0 Å². The smallest absolute Gasteiger partial charge is 0.240 e. The van der Waals surface area contributed by atoms with Gasteiger partial charge >= 0.3 is 0 Å². The van der Waals surface area contributed by atoms with Crippen molar-refractivity contribution in [1.29, 1.82) is 0 Å². The van der Waals surface area contributed by atoms with Gasteiger partial charge in [-0.25, -0.2) is 0 Å².